The number of anilines is 1. The van der Waals surface area contributed by atoms with Crippen molar-refractivity contribution >= 4 is 52.1 Å². The van der Waals surface area contributed by atoms with Crippen molar-refractivity contribution in [2.24, 2.45) is 0 Å². The summed E-state index contributed by atoms with van der Waals surface area (Å²) in [6.07, 6.45) is 3.68. The highest BCUT2D eigenvalue weighted by atomic mass is 35.5. The van der Waals surface area contributed by atoms with Crippen LogP contribution in [0.1, 0.15) is 23.5 Å². The monoisotopic (exact) mass is 521 g/mol. The van der Waals surface area contributed by atoms with Crippen LogP contribution in [0.15, 0.2) is 91.3 Å². The summed E-state index contributed by atoms with van der Waals surface area (Å²) in [5.74, 6) is -0.172. The second-order valence-electron chi connectivity index (χ2n) is 8.07. The van der Waals surface area contributed by atoms with Gasteiger partial charge in [0.25, 0.3) is 0 Å². The average Bonchev–Trinajstić information content (AvgIpc) is 3.45. The highest BCUT2D eigenvalue weighted by molar-refractivity contribution is 7.80. The zero-order valence-electron chi connectivity index (χ0n) is 18.4. The topological polar surface area (TPSA) is 62.2 Å². The van der Waals surface area contributed by atoms with Gasteiger partial charge in [-0.1, -0.05) is 47.5 Å². The first-order valence-corrected chi connectivity index (χ1v) is 12.1. The molecule has 1 aliphatic rings. The number of aromatic nitrogens is 2. The molecule has 3 heterocycles. The maximum Gasteiger partial charge on any atom is 0.244 e. The number of pyridine rings is 1. The third-order valence-corrected chi connectivity index (χ3v) is 6.71. The van der Waals surface area contributed by atoms with Gasteiger partial charge in [-0.25, -0.2) is 0 Å². The van der Waals surface area contributed by atoms with Crippen molar-refractivity contribution in [2.75, 3.05) is 11.9 Å². The number of para-hydroxylation sites is 1. The van der Waals surface area contributed by atoms with Crippen LogP contribution in [-0.2, 0) is 4.79 Å². The van der Waals surface area contributed by atoms with E-state index in [0.29, 0.717) is 15.2 Å². The molecule has 0 saturated carbocycles. The fourth-order valence-corrected chi connectivity index (χ4v) is 5.11. The third-order valence-electron chi connectivity index (χ3n) is 5.82. The Morgan fingerprint density at radius 2 is 1.83 bits per heavy atom. The largest absolute Gasteiger partial charge is 0.352 e. The number of rotatable bonds is 6. The molecule has 1 fully saturated rings. The Morgan fingerprint density at radius 1 is 1.03 bits per heavy atom. The molecule has 176 valence electrons. The van der Waals surface area contributed by atoms with Crippen LogP contribution in [0.25, 0.3) is 5.69 Å². The Balaban J connectivity index is 1.53. The third kappa shape index (κ3) is 4.89. The lowest BCUT2D eigenvalue weighted by molar-refractivity contribution is -0.116. The minimum absolute atomic E-state index is 0.0637. The maximum absolute atomic E-state index is 13.0. The highest BCUT2D eigenvalue weighted by Crippen LogP contribution is 2.40. The number of hydrogen-bond donors (Lipinski definition) is 2. The molecule has 0 bridgehead atoms. The van der Waals surface area contributed by atoms with Crippen LogP contribution in [-0.4, -0.2) is 32.0 Å². The van der Waals surface area contributed by atoms with Crippen molar-refractivity contribution in [1.82, 2.24) is 19.8 Å². The molecule has 5 rings (SSSR count). The molecule has 0 spiro atoms. The Bertz CT molecular complexity index is 1360. The number of amides is 1. The molecule has 35 heavy (non-hydrogen) atoms. The predicted octanol–water partition coefficient (Wildman–Crippen LogP) is 5.79. The smallest absolute Gasteiger partial charge is 0.244 e. The van der Waals surface area contributed by atoms with E-state index in [1.807, 2.05) is 82.4 Å². The lowest BCUT2D eigenvalue weighted by Crippen LogP contribution is -2.37. The minimum atomic E-state index is -0.319. The number of halogens is 2. The summed E-state index contributed by atoms with van der Waals surface area (Å²) >= 11 is 18.4. The second kappa shape index (κ2) is 10.1. The van der Waals surface area contributed by atoms with Gasteiger partial charge >= 0.3 is 0 Å². The second-order valence-corrected chi connectivity index (χ2v) is 9.30. The molecular weight excluding hydrogens is 501 g/mol. The van der Waals surface area contributed by atoms with Crippen molar-refractivity contribution in [2.45, 2.75) is 12.1 Å². The summed E-state index contributed by atoms with van der Waals surface area (Å²) in [7, 11) is 0. The average molecular weight is 522 g/mol. The number of carbonyl (C=O) groups is 1. The summed E-state index contributed by atoms with van der Waals surface area (Å²) < 4.78 is 2.00. The van der Waals surface area contributed by atoms with Crippen LogP contribution in [0.2, 0.25) is 10.0 Å². The van der Waals surface area contributed by atoms with Gasteiger partial charge in [-0.05, 0) is 66.8 Å². The van der Waals surface area contributed by atoms with Crippen molar-refractivity contribution in [3.8, 4) is 5.69 Å². The van der Waals surface area contributed by atoms with Gasteiger partial charge in [-0.2, -0.15) is 0 Å². The maximum atomic E-state index is 13.0. The SMILES string of the molecule is O=C(CN1C(=S)N[C@H](c2ccccn2)[C@@H]1c1cccn1-c1ccc(Cl)cc1Cl)Nc1ccccc1. The molecule has 2 aromatic heterocycles. The van der Waals surface area contributed by atoms with Crippen LogP contribution in [0, 0.1) is 0 Å². The van der Waals surface area contributed by atoms with Crippen molar-refractivity contribution in [1.29, 1.82) is 0 Å². The number of hydrogen-bond acceptors (Lipinski definition) is 3. The van der Waals surface area contributed by atoms with Gasteiger partial charge in [-0.15, -0.1) is 0 Å². The first-order chi connectivity index (χ1) is 17.0. The van der Waals surface area contributed by atoms with Crippen molar-refractivity contribution in [3.05, 3.63) is 113 Å². The fourth-order valence-electron chi connectivity index (χ4n) is 4.31. The van der Waals surface area contributed by atoms with Crippen molar-refractivity contribution in [3.63, 3.8) is 0 Å². The molecule has 0 radical (unpaired) electrons. The zero-order chi connectivity index (χ0) is 24.4. The Kier molecular flexibility index (Phi) is 6.72. The predicted molar refractivity (Wildman–Crippen MR) is 143 cm³/mol. The minimum Gasteiger partial charge on any atom is -0.352 e. The normalized spacial score (nSPS) is 17.3. The Hall–Kier alpha value is -3.39. The number of nitrogens with one attached hydrogen (secondary N) is 2. The van der Waals surface area contributed by atoms with Crippen LogP contribution < -0.4 is 10.6 Å². The van der Waals surface area contributed by atoms with Crippen LogP contribution in [0.4, 0.5) is 5.69 Å². The van der Waals surface area contributed by atoms with E-state index >= 15 is 0 Å². The molecule has 4 aromatic rings. The summed E-state index contributed by atoms with van der Waals surface area (Å²) in [5, 5.41) is 7.88. The first kappa shape index (κ1) is 23.4. The molecule has 1 amide bonds. The van der Waals surface area contributed by atoms with E-state index in [-0.39, 0.29) is 24.5 Å². The summed E-state index contributed by atoms with van der Waals surface area (Å²) in [5.41, 5.74) is 3.23. The lowest BCUT2D eigenvalue weighted by Gasteiger charge is -2.28. The molecule has 2 aromatic carbocycles. The summed E-state index contributed by atoms with van der Waals surface area (Å²) in [4.78, 5) is 19.5. The number of thiocarbonyl (C=S) groups is 1. The number of nitrogens with zero attached hydrogens (tertiary/aromatic N) is 3. The van der Waals surface area contributed by atoms with E-state index in [1.54, 1.807) is 18.3 Å². The van der Waals surface area contributed by atoms with Gasteiger partial charge in [-0.3, -0.25) is 9.78 Å². The summed E-state index contributed by atoms with van der Waals surface area (Å²) in [6, 6.07) is 23.8. The molecule has 0 unspecified atom stereocenters. The zero-order valence-corrected chi connectivity index (χ0v) is 20.8. The lowest BCUT2D eigenvalue weighted by atomic mass is 10.0. The van der Waals surface area contributed by atoms with Crippen LogP contribution in [0.5, 0.6) is 0 Å². The van der Waals surface area contributed by atoms with E-state index in [4.69, 9.17) is 35.4 Å². The molecule has 2 N–H and O–H groups in total. The molecule has 6 nitrogen and oxygen atoms in total. The quantitative estimate of drug-likeness (QED) is 0.314. The van der Waals surface area contributed by atoms with Gasteiger partial charge < -0.3 is 20.1 Å². The Morgan fingerprint density at radius 3 is 2.57 bits per heavy atom. The molecule has 1 saturated heterocycles. The van der Waals surface area contributed by atoms with Crippen LogP contribution in [0.3, 0.4) is 0 Å². The molecule has 1 aliphatic heterocycles. The summed E-state index contributed by atoms with van der Waals surface area (Å²) in [6.45, 7) is 0.0637. The van der Waals surface area contributed by atoms with Gasteiger partial charge in [0.2, 0.25) is 5.91 Å². The first-order valence-electron chi connectivity index (χ1n) is 11.0. The van der Waals surface area contributed by atoms with Gasteiger partial charge in [0.05, 0.1) is 28.5 Å². The molecule has 9 heteroatoms. The van der Waals surface area contributed by atoms with E-state index < -0.39 is 0 Å². The fraction of sp³-hybridized carbons (Fsp3) is 0.115. The van der Waals surface area contributed by atoms with Crippen LogP contribution >= 0.6 is 35.4 Å². The van der Waals surface area contributed by atoms with Gasteiger partial charge in [0.1, 0.15) is 6.54 Å². The highest BCUT2D eigenvalue weighted by Gasteiger charge is 2.42. The van der Waals surface area contributed by atoms with Gasteiger partial charge in [0.15, 0.2) is 5.11 Å². The Labute approximate surface area is 218 Å². The van der Waals surface area contributed by atoms with E-state index in [9.17, 15) is 4.79 Å². The van der Waals surface area contributed by atoms with Crippen molar-refractivity contribution < 1.29 is 4.79 Å². The number of carbonyl (C=O) groups excluding carboxylic acids is 1. The van der Waals surface area contributed by atoms with Gasteiger partial charge in [0, 0.05) is 28.8 Å². The van der Waals surface area contributed by atoms with E-state index in [1.165, 1.54) is 0 Å². The molecule has 2 atom stereocenters. The standard InChI is InChI=1S/C26H21Cl2N5OS/c27-17-11-12-21(19(28)15-17)32-14-6-10-22(32)25-24(20-9-4-5-13-29-20)31-26(35)33(25)16-23(34)30-18-7-2-1-3-8-18/h1-15,24-25H,16H2,(H,30,34)(H,31,35)/t24-,25+/m1/s1. The van der Waals surface area contributed by atoms with E-state index in [0.717, 1.165) is 22.8 Å². The molecule has 0 aliphatic carbocycles. The van der Waals surface area contributed by atoms with E-state index in [2.05, 4.69) is 15.6 Å². The molecular formula is C26H21Cl2N5OS. The number of benzene rings is 2.